The van der Waals surface area contributed by atoms with E-state index in [1.165, 1.54) is 38.5 Å². The molecule has 1 rings (SSSR count). The number of rotatable bonds is 12. The van der Waals surface area contributed by atoms with Crippen molar-refractivity contribution in [1.82, 2.24) is 20.0 Å². The maximum absolute atomic E-state index is 12.4. The van der Waals surface area contributed by atoms with Crippen molar-refractivity contribution in [3.05, 3.63) is 15.5 Å². The second-order valence-electron chi connectivity index (χ2n) is 6.59. The number of aromatic nitrogens is 2. The van der Waals surface area contributed by atoms with E-state index in [0.29, 0.717) is 5.69 Å². The molecule has 0 aliphatic heterocycles. The zero-order valence-corrected chi connectivity index (χ0v) is 17.8. The summed E-state index contributed by atoms with van der Waals surface area (Å²) in [7, 11) is 1.84. The largest absolute Gasteiger partial charge is 0.347 e. The van der Waals surface area contributed by atoms with Crippen molar-refractivity contribution >= 4 is 28.5 Å². The van der Waals surface area contributed by atoms with Crippen LogP contribution >= 0.6 is 22.6 Å². The number of nitrogens with zero attached hydrogens (tertiary/aromatic N) is 3. The van der Waals surface area contributed by atoms with E-state index >= 15 is 0 Å². The Morgan fingerprint density at radius 1 is 1.25 bits per heavy atom. The molecule has 0 saturated carbocycles. The van der Waals surface area contributed by atoms with Crippen molar-refractivity contribution in [3.8, 4) is 0 Å². The van der Waals surface area contributed by atoms with Crippen LogP contribution in [0.25, 0.3) is 0 Å². The van der Waals surface area contributed by atoms with Crippen molar-refractivity contribution in [3.63, 3.8) is 0 Å². The smallest absolute Gasteiger partial charge is 0.273 e. The second kappa shape index (κ2) is 11.8. The zero-order valence-electron chi connectivity index (χ0n) is 15.6. The summed E-state index contributed by atoms with van der Waals surface area (Å²) in [5.41, 5.74) is 0.522. The Balaban J connectivity index is 2.50. The van der Waals surface area contributed by atoms with Gasteiger partial charge < -0.3 is 10.2 Å². The van der Waals surface area contributed by atoms with Gasteiger partial charge in [-0.1, -0.05) is 39.5 Å². The Morgan fingerprint density at radius 3 is 2.29 bits per heavy atom. The van der Waals surface area contributed by atoms with Crippen LogP contribution in [-0.2, 0) is 7.05 Å². The molecule has 0 spiro atoms. The van der Waals surface area contributed by atoms with Crippen LogP contribution in [-0.4, -0.2) is 46.3 Å². The van der Waals surface area contributed by atoms with Gasteiger partial charge in [-0.25, -0.2) is 0 Å². The lowest BCUT2D eigenvalue weighted by Gasteiger charge is -2.26. The summed E-state index contributed by atoms with van der Waals surface area (Å²) < 4.78 is 2.57. The van der Waals surface area contributed by atoms with Crippen LogP contribution in [0.5, 0.6) is 0 Å². The van der Waals surface area contributed by atoms with E-state index in [1.807, 2.05) is 13.2 Å². The third-order valence-electron chi connectivity index (χ3n) is 4.06. The summed E-state index contributed by atoms with van der Waals surface area (Å²) in [6.45, 7) is 9.71. The van der Waals surface area contributed by atoms with Gasteiger partial charge in [0.1, 0.15) is 0 Å². The first-order chi connectivity index (χ1) is 11.5. The number of halogens is 1. The molecule has 1 heterocycles. The fraction of sp³-hybridized carbons (Fsp3) is 0.778. The lowest BCUT2D eigenvalue weighted by Crippen LogP contribution is -2.43. The fourth-order valence-electron chi connectivity index (χ4n) is 2.80. The number of hydrogen-bond donors (Lipinski definition) is 1. The Kier molecular flexibility index (Phi) is 10.6. The van der Waals surface area contributed by atoms with E-state index in [4.69, 9.17) is 0 Å². The third-order valence-corrected chi connectivity index (χ3v) is 4.85. The van der Waals surface area contributed by atoms with Crippen molar-refractivity contribution in [2.24, 2.45) is 7.05 Å². The van der Waals surface area contributed by atoms with E-state index in [0.717, 1.165) is 23.2 Å². The number of unbranched alkanes of at least 4 members (excludes halogenated alkanes) is 4. The molecule has 0 bridgehead atoms. The fourth-order valence-corrected chi connectivity index (χ4v) is 3.56. The SMILES string of the molecule is CCCCCN(CCCCC)C[C@H](C)NC(=O)c1nn(C)cc1I. The van der Waals surface area contributed by atoms with E-state index in [9.17, 15) is 4.79 Å². The van der Waals surface area contributed by atoms with Gasteiger partial charge in [0.25, 0.3) is 5.91 Å². The van der Waals surface area contributed by atoms with Crippen molar-refractivity contribution < 1.29 is 4.79 Å². The molecule has 1 aromatic rings. The minimum absolute atomic E-state index is 0.0745. The molecule has 1 amide bonds. The maximum Gasteiger partial charge on any atom is 0.273 e. The summed E-state index contributed by atoms with van der Waals surface area (Å²) in [4.78, 5) is 14.9. The van der Waals surface area contributed by atoms with Crippen LogP contribution in [0, 0.1) is 3.57 Å². The quantitative estimate of drug-likeness (QED) is 0.391. The highest BCUT2D eigenvalue weighted by molar-refractivity contribution is 14.1. The highest BCUT2D eigenvalue weighted by Crippen LogP contribution is 2.10. The maximum atomic E-state index is 12.4. The van der Waals surface area contributed by atoms with E-state index in [1.54, 1.807) is 4.68 Å². The molecule has 0 aromatic carbocycles. The molecule has 1 atom stereocenters. The van der Waals surface area contributed by atoms with Crippen molar-refractivity contribution in [2.45, 2.75) is 65.3 Å². The van der Waals surface area contributed by atoms with E-state index in [-0.39, 0.29) is 11.9 Å². The van der Waals surface area contributed by atoms with E-state index < -0.39 is 0 Å². The third kappa shape index (κ3) is 7.96. The number of carbonyl (C=O) groups excluding carboxylic acids is 1. The van der Waals surface area contributed by atoms with Gasteiger partial charge in [-0.15, -0.1) is 0 Å². The van der Waals surface area contributed by atoms with Crippen LogP contribution in [0.4, 0.5) is 0 Å². The van der Waals surface area contributed by atoms with E-state index in [2.05, 4.69) is 58.7 Å². The first kappa shape index (κ1) is 21.4. The monoisotopic (exact) mass is 448 g/mol. The number of amides is 1. The van der Waals surface area contributed by atoms with Gasteiger partial charge in [-0.2, -0.15) is 5.10 Å². The topological polar surface area (TPSA) is 50.2 Å². The van der Waals surface area contributed by atoms with Gasteiger partial charge in [0.05, 0.1) is 3.57 Å². The first-order valence-electron chi connectivity index (χ1n) is 9.20. The highest BCUT2D eigenvalue weighted by atomic mass is 127. The van der Waals surface area contributed by atoms with Gasteiger partial charge in [0.2, 0.25) is 0 Å². The molecule has 0 aliphatic rings. The average molecular weight is 448 g/mol. The highest BCUT2D eigenvalue weighted by Gasteiger charge is 2.18. The predicted molar refractivity (Wildman–Crippen MR) is 108 cm³/mol. The van der Waals surface area contributed by atoms with Gasteiger partial charge in [-0.3, -0.25) is 9.48 Å². The van der Waals surface area contributed by atoms with Gasteiger partial charge in [0.15, 0.2) is 5.69 Å². The summed E-state index contributed by atoms with van der Waals surface area (Å²) in [6.07, 6.45) is 9.37. The number of nitrogens with one attached hydrogen (secondary N) is 1. The molecule has 0 saturated heterocycles. The standard InChI is InChI=1S/C18H33IN4O/c1-5-7-9-11-23(12-10-8-6-2)13-15(3)20-18(24)17-16(19)14-22(4)21-17/h14-15H,5-13H2,1-4H3,(H,20,24)/t15-/m0/s1. The molecule has 0 fully saturated rings. The summed E-state index contributed by atoms with van der Waals surface area (Å²) in [5, 5.41) is 7.35. The Labute approximate surface area is 160 Å². The Morgan fingerprint density at radius 2 is 1.83 bits per heavy atom. The molecule has 0 radical (unpaired) electrons. The summed E-state index contributed by atoms with van der Waals surface area (Å²) in [6, 6.07) is 0.124. The molecule has 1 aromatic heterocycles. The molecule has 0 unspecified atom stereocenters. The molecular weight excluding hydrogens is 415 g/mol. The van der Waals surface area contributed by atoms with Crippen molar-refractivity contribution in [2.75, 3.05) is 19.6 Å². The molecule has 24 heavy (non-hydrogen) atoms. The normalized spacial score (nSPS) is 12.6. The van der Waals surface area contributed by atoms with Crippen LogP contribution in [0.2, 0.25) is 0 Å². The van der Waals surface area contributed by atoms with Gasteiger partial charge in [-0.05, 0) is 55.4 Å². The van der Waals surface area contributed by atoms with Crippen molar-refractivity contribution in [1.29, 1.82) is 0 Å². The molecule has 6 heteroatoms. The number of carbonyl (C=O) groups is 1. The van der Waals surface area contributed by atoms with Gasteiger partial charge in [0, 0.05) is 25.8 Å². The molecule has 0 aliphatic carbocycles. The average Bonchev–Trinajstić information content (AvgIpc) is 2.86. The van der Waals surface area contributed by atoms with Crippen LogP contribution in [0.15, 0.2) is 6.20 Å². The Hall–Kier alpha value is -0.630. The number of aryl methyl sites for hydroxylation is 1. The Bertz CT molecular complexity index is 479. The van der Waals surface area contributed by atoms with Crippen LogP contribution < -0.4 is 5.32 Å². The number of hydrogen-bond acceptors (Lipinski definition) is 3. The second-order valence-corrected chi connectivity index (χ2v) is 7.75. The molecular formula is C18H33IN4O. The molecule has 1 N–H and O–H groups in total. The lowest BCUT2D eigenvalue weighted by molar-refractivity contribution is 0.0921. The predicted octanol–water partition coefficient (Wildman–Crippen LogP) is 3.83. The summed E-state index contributed by atoms with van der Waals surface area (Å²) >= 11 is 2.16. The van der Waals surface area contributed by atoms with Crippen LogP contribution in [0.1, 0.15) is 69.8 Å². The van der Waals surface area contributed by atoms with Crippen LogP contribution in [0.3, 0.4) is 0 Å². The summed E-state index contributed by atoms with van der Waals surface area (Å²) in [5.74, 6) is -0.0745. The zero-order chi connectivity index (χ0) is 17.9. The lowest BCUT2D eigenvalue weighted by atomic mass is 10.2. The minimum Gasteiger partial charge on any atom is -0.347 e. The first-order valence-corrected chi connectivity index (χ1v) is 10.3. The minimum atomic E-state index is -0.0745. The van der Waals surface area contributed by atoms with Gasteiger partial charge >= 0.3 is 0 Å². The molecule has 5 nitrogen and oxygen atoms in total. The molecule has 138 valence electrons.